The SMILES string of the molecule is COc1cc2c(cc1OCCOCCOCC(C)=O)-c1[nH]nc(Nc3cccc(F)c3)c1C2. The van der Waals surface area contributed by atoms with Crippen LogP contribution in [0.1, 0.15) is 18.1 Å². The maximum atomic E-state index is 13.5. The van der Waals surface area contributed by atoms with Crippen molar-refractivity contribution in [3.8, 4) is 22.8 Å². The van der Waals surface area contributed by atoms with Crippen LogP contribution in [0.3, 0.4) is 0 Å². The normalized spacial score (nSPS) is 11.7. The van der Waals surface area contributed by atoms with Gasteiger partial charge >= 0.3 is 0 Å². The van der Waals surface area contributed by atoms with Crippen LogP contribution in [0.5, 0.6) is 11.5 Å². The quantitative estimate of drug-likeness (QED) is 0.313. The first-order valence-electron chi connectivity index (χ1n) is 10.6. The molecule has 0 fully saturated rings. The average Bonchev–Trinajstić information content (AvgIpc) is 3.34. The van der Waals surface area contributed by atoms with Crippen molar-refractivity contribution < 1.29 is 28.1 Å². The van der Waals surface area contributed by atoms with Crippen molar-refractivity contribution in [3.05, 3.63) is 53.3 Å². The van der Waals surface area contributed by atoms with Gasteiger partial charge in [0.2, 0.25) is 0 Å². The van der Waals surface area contributed by atoms with Crippen molar-refractivity contribution >= 4 is 17.3 Å². The van der Waals surface area contributed by atoms with E-state index in [0.29, 0.717) is 55.9 Å². The molecule has 2 aromatic carbocycles. The molecule has 174 valence electrons. The van der Waals surface area contributed by atoms with Crippen molar-refractivity contribution in [2.45, 2.75) is 13.3 Å². The number of methoxy groups -OCH3 is 1. The summed E-state index contributed by atoms with van der Waals surface area (Å²) in [5, 5.41) is 10.6. The molecule has 33 heavy (non-hydrogen) atoms. The van der Waals surface area contributed by atoms with Crippen LogP contribution in [0, 0.1) is 5.82 Å². The molecule has 0 saturated carbocycles. The predicted molar refractivity (Wildman–Crippen MR) is 121 cm³/mol. The topological polar surface area (TPSA) is 94.7 Å². The molecule has 3 aromatic rings. The lowest BCUT2D eigenvalue weighted by atomic mass is 10.1. The molecule has 1 aliphatic carbocycles. The highest BCUT2D eigenvalue weighted by Gasteiger charge is 2.27. The lowest BCUT2D eigenvalue weighted by molar-refractivity contribution is -0.122. The highest BCUT2D eigenvalue weighted by atomic mass is 19.1. The number of aromatic nitrogens is 2. The van der Waals surface area contributed by atoms with E-state index in [4.69, 9.17) is 18.9 Å². The lowest BCUT2D eigenvalue weighted by Gasteiger charge is -2.13. The summed E-state index contributed by atoms with van der Waals surface area (Å²) in [7, 11) is 1.60. The number of aromatic amines is 1. The molecule has 0 unspecified atom stereocenters. The number of nitrogens with one attached hydrogen (secondary N) is 2. The van der Waals surface area contributed by atoms with E-state index in [1.54, 1.807) is 19.2 Å². The van der Waals surface area contributed by atoms with Crippen molar-refractivity contribution in [2.24, 2.45) is 0 Å². The fraction of sp³-hybridized carbons (Fsp3) is 0.333. The Morgan fingerprint density at radius 2 is 1.94 bits per heavy atom. The van der Waals surface area contributed by atoms with Crippen LogP contribution in [-0.2, 0) is 20.7 Å². The molecule has 1 aliphatic rings. The molecule has 1 aromatic heterocycles. The smallest absolute Gasteiger partial charge is 0.161 e. The van der Waals surface area contributed by atoms with Crippen LogP contribution in [0.25, 0.3) is 11.3 Å². The molecule has 9 heteroatoms. The number of halogens is 1. The number of rotatable bonds is 12. The summed E-state index contributed by atoms with van der Waals surface area (Å²) < 4.78 is 35.6. The Hall–Kier alpha value is -3.43. The van der Waals surface area contributed by atoms with E-state index in [1.165, 1.54) is 19.1 Å². The molecule has 0 amide bonds. The number of hydrogen-bond donors (Lipinski definition) is 2. The number of ether oxygens (including phenoxy) is 4. The number of hydrogen-bond acceptors (Lipinski definition) is 7. The summed E-state index contributed by atoms with van der Waals surface area (Å²) in [4.78, 5) is 10.8. The molecular weight excluding hydrogens is 429 g/mol. The Morgan fingerprint density at radius 3 is 2.73 bits per heavy atom. The molecule has 0 atom stereocenters. The number of anilines is 2. The molecule has 0 saturated heterocycles. The first kappa shape index (κ1) is 22.8. The maximum absolute atomic E-state index is 13.5. The lowest BCUT2D eigenvalue weighted by Crippen LogP contribution is -2.13. The molecule has 0 bridgehead atoms. The van der Waals surface area contributed by atoms with E-state index in [0.717, 1.165) is 22.4 Å². The van der Waals surface area contributed by atoms with Crippen LogP contribution >= 0.6 is 0 Å². The minimum absolute atomic E-state index is 0.0145. The molecule has 4 rings (SSSR count). The second-order valence-electron chi connectivity index (χ2n) is 7.61. The van der Waals surface area contributed by atoms with Crippen molar-refractivity contribution in [1.82, 2.24) is 10.2 Å². The zero-order valence-electron chi connectivity index (χ0n) is 18.6. The van der Waals surface area contributed by atoms with E-state index in [2.05, 4.69) is 15.5 Å². The maximum Gasteiger partial charge on any atom is 0.161 e. The van der Waals surface area contributed by atoms with E-state index in [-0.39, 0.29) is 18.2 Å². The van der Waals surface area contributed by atoms with Gasteiger partial charge in [0.15, 0.2) is 23.1 Å². The van der Waals surface area contributed by atoms with Gasteiger partial charge in [-0.2, -0.15) is 5.10 Å². The minimum atomic E-state index is -0.311. The zero-order valence-corrected chi connectivity index (χ0v) is 18.6. The van der Waals surface area contributed by atoms with Crippen LogP contribution < -0.4 is 14.8 Å². The minimum Gasteiger partial charge on any atom is -0.493 e. The molecule has 0 spiro atoms. The van der Waals surface area contributed by atoms with Crippen LogP contribution in [-0.4, -0.2) is 56.1 Å². The molecular formula is C24H26FN3O5. The van der Waals surface area contributed by atoms with Gasteiger partial charge in [0.1, 0.15) is 19.0 Å². The van der Waals surface area contributed by atoms with Crippen molar-refractivity contribution in [1.29, 1.82) is 0 Å². The summed E-state index contributed by atoms with van der Waals surface area (Å²) in [6.07, 6.45) is 0.666. The van der Waals surface area contributed by atoms with Crippen LogP contribution in [0.2, 0.25) is 0 Å². The third kappa shape index (κ3) is 5.50. The summed E-state index contributed by atoms with van der Waals surface area (Å²) in [5.74, 6) is 1.58. The number of H-pyrrole nitrogens is 1. The fourth-order valence-electron chi connectivity index (χ4n) is 3.66. The number of nitrogens with zero attached hydrogens (tertiary/aromatic N) is 1. The molecule has 0 aliphatic heterocycles. The van der Waals surface area contributed by atoms with E-state index < -0.39 is 0 Å². The van der Waals surface area contributed by atoms with Crippen LogP contribution in [0.4, 0.5) is 15.9 Å². The van der Waals surface area contributed by atoms with Gasteiger partial charge in [-0.05, 0) is 42.8 Å². The summed E-state index contributed by atoms with van der Waals surface area (Å²) in [5.41, 5.74) is 4.61. The van der Waals surface area contributed by atoms with Gasteiger partial charge in [-0.25, -0.2) is 4.39 Å². The first-order chi connectivity index (χ1) is 16.0. The number of Topliss-reactive ketones (excluding diaryl/α,β-unsaturated/α-hetero) is 1. The molecule has 2 N–H and O–H groups in total. The first-order valence-corrected chi connectivity index (χ1v) is 10.6. The summed E-state index contributed by atoms with van der Waals surface area (Å²) in [6.45, 7) is 3.03. The highest BCUT2D eigenvalue weighted by Crippen LogP contribution is 2.44. The Morgan fingerprint density at radius 1 is 1.12 bits per heavy atom. The molecule has 8 nitrogen and oxygen atoms in total. The van der Waals surface area contributed by atoms with Crippen molar-refractivity contribution in [2.75, 3.05) is 45.5 Å². The highest BCUT2D eigenvalue weighted by molar-refractivity contribution is 5.81. The standard InChI is InChI=1S/C24H26FN3O5/c1-15(29)14-32-7-6-31-8-9-33-22-13-19-16(11-21(22)30-2)10-20-23(19)27-28-24(20)26-18-5-3-4-17(25)12-18/h3-5,11-13H,6-10,14H2,1-2H3,(H2,26,27,28). The van der Waals surface area contributed by atoms with Gasteiger partial charge in [0.05, 0.1) is 32.6 Å². The summed E-state index contributed by atoms with van der Waals surface area (Å²) >= 11 is 0. The number of ketones is 1. The van der Waals surface area contributed by atoms with Gasteiger partial charge in [-0.1, -0.05) is 6.07 Å². The van der Waals surface area contributed by atoms with E-state index in [9.17, 15) is 9.18 Å². The van der Waals surface area contributed by atoms with Crippen molar-refractivity contribution in [3.63, 3.8) is 0 Å². The molecule has 1 heterocycles. The third-order valence-electron chi connectivity index (χ3n) is 5.14. The van der Waals surface area contributed by atoms with Gasteiger partial charge in [0, 0.05) is 23.2 Å². The second-order valence-corrected chi connectivity index (χ2v) is 7.61. The van der Waals surface area contributed by atoms with Gasteiger partial charge in [0.25, 0.3) is 0 Å². The van der Waals surface area contributed by atoms with Gasteiger partial charge in [-0.15, -0.1) is 0 Å². The second kappa shape index (κ2) is 10.5. The van der Waals surface area contributed by atoms with Gasteiger partial charge in [-0.3, -0.25) is 9.89 Å². The number of carbonyl (C=O) groups excluding carboxylic acids is 1. The average molecular weight is 455 g/mol. The Balaban J connectivity index is 1.39. The number of fused-ring (bicyclic) bond motifs is 3. The van der Waals surface area contributed by atoms with Crippen LogP contribution in [0.15, 0.2) is 36.4 Å². The fourth-order valence-corrected chi connectivity index (χ4v) is 3.66. The Labute approximate surface area is 191 Å². The Bertz CT molecular complexity index is 1130. The third-order valence-corrected chi connectivity index (χ3v) is 5.14. The largest absolute Gasteiger partial charge is 0.493 e. The van der Waals surface area contributed by atoms with Gasteiger partial charge < -0.3 is 24.3 Å². The number of benzene rings is 2. The van der Waals surface area contributed by atoms with E-state index >= 15 is 0 Å². The Kier molecular flexibility index (Phi) is 7.21. The summed E-state index contributed by atoms with van der Waals surface area (Å²) in [6, 6.07) is 10.2. The zero-order chi connectivity index (χ0) is 23.2. The number of carbonyl (C=O) groups is 1. The van der Waals surface area contributed by atoms with E-state index in [1.807, 2.05) is 12.1 Å². The molecule has 0 radical (unpaired) electrons. The monoisotopic (exact) mass is 455 g/mol. The predicted octanol–water partition coefficient (Wildman–Crippen LogP) is 3.87.